The fourth-order valence-corrected chi connectivity index (χ4v) is 1.90. The monoisotopic (exact) mass is 288 g/mol. The number of carboxylic acids is 1. The standard InChI is InChI=1S/C15H16N2O4/c1-20-10-6-9(7-11(8-10)21-2)17-13-5-3-4-12(14(13)16)15(18)19/h3-8,17H,16H2,1-2H3,(H,18,19). The van der Waals surface area contributed by atoms with Crippen molar-refractivity contribution < 1.29 is 19.4 Å². The predicted molar refractivity (Wildman–Crippen MR) is 80.6 cm³/mol. The van der Waals surface area contributed by atoms with E-state index in [0.717, 1.165) is 0 Å². The van der Waals surface area contributed by atoms with Gasteiger partial charge in [-0.25, -0.2) is 4.79 Å². The van der Waals surface area contributed by atoms with Crippen molar-refractivity contribution in [3.05, 3.63) is 42.0 Å². The third kappa shape index (κ3) is 3.17. The van der Waals surface area contributed by atoms with Gasteiger partial charge in [-0.2, -0.15) is 0 Å². The Morgan fingerprint density at radius 2 is 1.76 bits per heavy atom. The van der Waals surface area contributed by atoms with Gasteiger partial charge in [0.25, 0.3) is 0 Å². The molecule has 0 unspecified atom stereocenters. The molecule has 0 aliphatic carbocycles. The quantitative estimate of drug-likeness (QED) is 0.732. The molecule has 0 aliphatic rings. The lowest BCUT2D eigenvalue weighted by Gasteiger charge is -2.13. The molecule has 4 N–H and O–H groups in total. The van der Waals surface area contributed by atoms with Gasteiger partial charge in [-0.15, -0.1) is 0 Å². The third-order valence-corrected chi connectivity index (χ3v) is 2.97. The van der Waals surface area contributed by atoms with E-state index in [0.29, 0.717) is 22.9 Å². The van der Waals surface area contributed by atoms with Crippen LogP contribution in [0, 0.1) is 0 Å². The van der Waals surface area contributed by atoms with E-state index in [1.165, 1.54) is 6.07 Å². The van der Waals surface area contributed by atoms with Crippen LogP contribution in [-0.2, 0) is 0 Å². The number of carboxylic acid groups (broad SMARTS) is 1. The SMILES string of the molecule is COc1cc(Nc2cccc(C(=O)O)c2N)cc(OC)c1. The molecule has 2 aromatic carbocycles. The molecule has 21 heavy (non-hydrogen) atoms. The lowest BCUT2D eigenvalue weighted by molar-refractivity contribution is 0.0698. The first kappa shape index (κ1) is 14.5. The van der Waals surface area contributed by atoms with Crippen molar-refractivity contribution in [3.8, 4) is 11.5 Å². The van der Waals surface area contributed by atoms with Crippen LogP contribution in [0.25, 0.3) is 0 Å². The van der Waals surface area contributed by atoms with E-state index in [4.69, 9.17) is 20.3 Å². The van der Waals surface area contributed by atoms with Crippen LogP contribution >= 0.6 is 0 Å². The van der Waals surface area contributed by atoms with E-state index in [1.54, 1.807) is 44.6 Å². The van der Waals surface area contributed by atoms with E-state index in [9.17, 15) is 4.79 Å². The van der Waals surface area contributed by atoms with Crippen LogP contribution in [0.15, 0.2) is 36.4 Å². The number of hydrogen-bond acceptors (Lipinski definition) is 5. The number of nitrogens with two attached hydrogens (primary N) is 1. The first-order chi connectivity index (χ1) is 10.0. The van der Waals surface area contributed by atoms with Crippen molar-refractivity contribution in [2.24, 2.45) is 0 Å². The Hall–Kier alpha value is -2.89. The number of para-hydroxylation sites is 1. The summed E-state index contributed by atoms with van der Waals surface area (Å²) in [7, 11) is 3.11. The summed E-state index contributed by atoms with van der Waals surface area (Å²) in [5.41, 5.74) is 7.28. The van der Waals surface area contributed by atoms with Crippen LogP contribution in [0.1, 0.15) is 10.4 Å². The van der Waals surface area contributed by atoms with Crippen LogP contribution in [0.2, 0.25) is 0 Å². The Balaban J connectivity index is 2.38. The summed E-state index contributed by atoms with van der Waals surface area (Å²) in [5.74, 6) is 0.161. The molecule has 0 fully saturated rings. The zero-order chi connectivity index (χ0) is 15.4. The minimum Gasteiger partial charge on any atom is -0.497 e. The van der Waals surface area contributed by atoms with Gasteiger partial charge in [-0.1, -0.05) is 6.07 Å². The van der Waals surface area contributed by atoms with Gasteiger partial charge in [-0.3, -0.25) is 0 Å². The zero-order valence-corrected chi connectivity index (χ0v) is 11.7. The summed E-state index contributed by atoms with van der Waals surface area (Å²) in [5, 5.41) is 12.1. The average molecular weight is 288 g/mol. The highest BCUT2D eigenvalue weighted by atomic mass is 16.5. The van der Waals surface area contributed by atoms with E-state index >= 15 is 0 Å². The molecule has 2 rings (SSSR count). The first-order valence-corrected chi connectivity index (χ1v) is 6.17. The number of nitrogens with one attached hydrogen (secondary N) is 1. The molecule has 2 aromatic rings. The Labute approximate surface area is 122 Å². The molecule has 6 heteroatoms. The molecular weight excluding hydrogens is 272 g/mol. The van der Waals surface area contributed by atoms with Crippen LogP contribution in [0.3, 0.4) is 0 Å². The van der Waals surface area contributed by atoms with Gasteiger partial charge in [0.15, 0.2) is 0 Å². The maximum Gasteiger partial charge on any atom is 0.337 e. The van der Waals surface area contributed by atoms with Crippen LogP contribution in [0.5, 0.6) is 11.5 Å². The molecule has 0 spiro atoms. The molecule has 0 aromatic heterocycles. The van der Waals surface area contributed by atoms with Crippen LogP contribution < -0.4 is 20.5 Å². The number of ether oxygens (including phenoxy) is 2. The van der Waals surface area contributed by atoms with E-state index in [-0.39, 0.29) is 11.3 Å². The highest BCUT2D eigenvalue weighted by Crippen LogP contribution is 2.31. The van der Waals surface area contributed by atoms with E-state index in [2.05, 4.69) is 5.32 Å². The second-order valence-electron chi connectivity index (χ2n) is 4.30. The lowest BCUT2D eigenvalue weighted by atomic mass is 10.1. The summed E-state index contributed by atoms with van der Waals surface area (Å²) >= 11 is 0. The lowest BCUT2D eigenvalue weighted by Crippen LogP contribution is -2.05. The second kappa shape index (κ2) is 6.04. The molecule has 0 saturated heterocycles. The van der Waals surface area contributed by atoms with Gasteiger partial charge < -0.3 is 25.6 Å². The molecule has 0 bridgehead atoms. The Morgan fingerprint density at radius 1 is 1.14 bits per heavy atom. The van der Waals surface area contributed by atoms with Crippen LogP contribution in [-0.4, -0.2) is 25.3 Å². The van der Waals surface area contributed by atoms with E-state index < -0.39 is 5.97 Å². The Bertz CT molecular complexity index is 648. The fourth-order valence-electron chi connectivity index (χ4n) is 1.90. The number of rotatable bonds is 5. The molecule has 0 amide bonds. The molecule has 6 nitrogen and oxygen atoms in total. The molecule has 0 atom stereocenters. The number of methoxy groups -OCH3 is 2. The third-order valence-electron chi connectivity index (χ3n) is 2.97. The number of nitrogen functional groups attached to an aromatic ring is 1. The van der Waals surface area contributed by atoms with Crippen molar-refractivity contribution in [1.29, 1.82) is 0 Å². The highest BCUT2D eigenvalue weighted by molar-refractivity contribution is 5.97. The smallest absolute Gasteiger partial charge is 0.337 e. The Kier molecular flexibility index (Phi) is 4.18. The molecule has 0 saturated carbocycles. The number of aromatic carboxylic acids is 1. The number of hydrogen-bond donors (Lipinski definition) is 3. The number of benzene rings is 2. The zero-order valence-electron chi connectivity index (χ0n) is 11.7. The van der Waals surface area contributed by atoms with E-state index in [1.807, 2.05) is 0 Å². The van der Waals surface area contributed by atoms with Gasteiger partial charge in [0.1, 0.15) is 11.5 Å². The average Bonchev–Trinajstić information content (AvgIpc) is 2.48. The largest absolute Gasteiger partial charge is 0.497 e. The van der Waals surface area contributed by atoms with Gasteiger partial charge in [-0.05, 0) is 12.1 Å². The van der Waals surface area contributed by atoms with Crippen molar-refractivity contribution in [2.75, 3.05) is 25.3 Å². The Morgan fingerprint density at radius 3 is 2.29 bits per heavy atom. The predicted octanol–water partition coefficient (Wildman–Crippen LogP) is 2.73. The summed E-state index contributed by atoms with van der Waals surface area (Å²) in [6.45, 7) is 0. The molecule has 0 radical (unpaired) electrons. The maximum atomic E-state index is 11.1. The number of carbonyl (C=O) groups is 1. The minimum atomic E-state index is -1.07. The van der Waals surface area contributed by atoms with Gasteiger partial charge in [0.2, 0.25) is 0 Å². The van der Waals surface area contributed by atoms with Gasteiger partial charge in [0.05, 0.1) is 31.2 Å². The number of anilines is 3. The summed E-state index contributed by atoms with van der Waals surface area (Å²) < 4.78 is 10.4. The summed E-state index contributed by atoms with van der Waals surface area (Å²) in [6.07, 6.45) is 0. The topological polar surface area (TPSA) is 93.8 Å². The summed E-state index contributed by atoms with van der Waals surface area (Å²) in [4.78, 5) is 11.1. The van der Waals surface area contributed by atoms with Gasteiger partial charge in [0, 0.05) is 23.9 Å². The normalized spacial score (nSPS) is 10.0. The second-order valence-corrected chi connectivity index (χ2v) is 4.30. The minimum absolute atomic E-state index is 0.0508. The van der Waals surface area contributed by atoms with Crippen molar-refractivity contribution in [3.63, 3.8) is 0 Å². The maximum absolute atomic E-state index is 11.1. The van der Waals surface area contributed by atoms with Crippen molar-refractivity contribution in [2.45, 2.75) is 0 Å². The molecule has 110 valence electrons. The van der Waals surface area contributed by atoms with Crippen molar-refractivity contribution >= 4 is 23.0 Å². The van der Waals surface area contributed by atoms with Crippen molar-refractivity contribution in [1.82, 2.24) is 0 Å². The first-order valence-electron chi connectivity index (χ1n) is 6.17. The molecule has 0 aliphatic heterocycles. The molecular formula is C15H16N2O4. The van der Waals surface area contributed by atoms with Crippen LogP contribution in [0.4, 0.5) is 17.1 Å². The summed E-state index contributed by atoms with van der Waals surface area (Å²) in [6, 6.07) is 10.0. The van der Waals surface area contributed by atoms with Gasteiger partial charge >= 0.3 is 5.97 Å². The molecule has 0 heterocycles. The highest BCUT2D eigenvalue weighted by Gasteiger charge is 2.11. The fraction of sp³-hybridized carbons (Fsp3) is 0.133.